The van der Waals surface area contributed by atoms with Gasteiger partial charge >= 0.3 is 0 Å². The number of benzene rings is 1. The first-order valence-electron chi connectivity index (χ1n) is 5.11. The number of carbonyl (C=O) groups is 3. The van der Waals surface area contributed by atoms with Gasteiger partial charge in [0.05, 0.1) is 12.5 Å². The van der Waals surface area contributed by atoms with Crippen LogP contribution in [0.3, 0.4) is 0 Å². The van der Waals surface area contributed by atoms with Gasteiger partial charge in [-0.05, 0) is 19.1 Å². The maximum atomic E-state index is 11.7. The summed E-state index contributed by atoms with van der Waals surface area (Å²) in [4.78, 5) is 33.8. The second-order valence-corrected chi connectivity index (χ2v) is 4.10. The molecule has 0 radical (unpaired) electrons. The van der Waals surface area contributed by atoms with Crippen molar-refractivity contribution >= 4 is 29.4 Å². The van der Waals surface area contributed by atoms with E-state index < -0.39 is 11.2 Å². The average Bonchev–Trinajstić information content (AvgIpc) is 2.29. The van der Waals surface area contributed by atoms with E-state index in [1.807, 2.05) is 0 Å². The van der Waals surface area contributed by atoms with E-state index in [1.54, 1.807) is 37.3 Å². The number of nitrogens with one attached hydrogen (secondary N) is 1. The van der Waals surface area contributed by atoms with E-state index in [-0.39, 0.29) is 18.1 Å². The lowest BCUT2D eigenvalue weighted by Gasteiger charge is -2.11. The standard InChI is InChI=1S/C12H13NO3S/c1-8(10(14)7-11(15)17)13-12(16)9-5-3-2-4-6-9/h2-6,8H,7H2,1H3,(H,13,16)(H,15,17)/t8-/m1/s1. The molecule has 1 aromatic carbocycles. The average molecular weight is 251 g/mol. The van der Waals surface area contributed by atoms with Gasteiger partial charge in [0.2, 0.25) is 0 Å². The van der Waals surface area contributed by atoms with Crippen molar-refractivity contribution in [2.24, 2.45) is 0 Å². The third kappa shape index (κ3) is 4.40. The number of hydrogen-bond acceptors (Lipinski definition) is 3. The summed E-state index contributed by atoms with van der Waals surface area (Å²) in [7, 11) is 0. The molecule has 0 spiro atoms. The normalized spacial score (nSPS) is 11.6. The molecule has 0 saturated carbocycles. The van der Waals surface area contributed by atoms with Gasteiger partial charge in [0.15, 0.2) is 10.9 Å². The summed E-state index contributed by atoms with van der Waals surface area (Å²) >= 11 is 3.52. The smallest absolute Gasteiger partial charge is 0.251 e. The van der Waals surface area contributed by atoms with Gasteiger partial charge in [0, 0.05) is 5.56 Å². The quantitative estimate of drug-likeness (QED) is 0.611. The number of amides is 1. The van der Waals surface area contributed by atoms with Crippen molar-refractivity contribution < 1.29 is 14.4 Å². The Morgan fingerprint density at radius 1 is 1.24 bits per heavy atom. The number of ketones is 1. The van der Waals surface area contributed by atoms with Gasteiger partial charge in [-0.1, -0.05) is 18.2 Å². The fraction of sp³-hybridized carbons (Fsp3) is 0.250. The van der Waals surface area contributed by atoms with Gasteiger partial charge in [0.25, 0.3) is 5.91 Å². The molecule has 0 heterocycles. The molecule has 1 N–H and O–H groups in total. The summed E-state index contributed by atoms with van der Waals surface area (Å²) in [5.41, 5.74) is 0.476. The first-order chi connectivity index (χ1) is 8.00. The molecule has 90 valence electrons. The molecular weight excluding hydrogens is 238 g/mol. The van der Waals surface area contributed by atoms with E-state index in [9.17, 15) is 14.4 Å². The molecule has 0 aliphatic carbocycles. The Morgan fingerprint density at radius 3 is 2.35 bits per heavy atom. The number of Topliss-reactive ketones (excluding diaryl/α,β-unsaturated/α-hetero) is 1. The molecule has 0 aliphatic rings. The maximum absolute atomic E-state index is 11.7. The Morgan fingerprint density at radius 2 is 1.82 bits per heavy atom. The van der Waals surface area contributed by atoms with Crippen LogP contribution in [0.5, 0.6) is 0 Å². The molecule has 4 nitrogen and oxygen atoms in total. The zero-order chi connectivity index (χ0) is 12.8. The Hall–Kier alpha value is -1.62. The van der Waals surface area contributed by atoms with Crippen molar-refractivity contribution in [3.05, 3.63) is 35.9 Å². The molecule has 0 aliphatic heterocycles. The number of thiol groups is 1. The highest BCUT2D eigenvalue weighted by Gasteiger charge is 2.17. The summed E-state index contributed by atoms with van der Waals surface area (Å²) in [6.07, 6.45) is -0.278. The van der Waals surface area contributed by atoms with Crippen LogP contribution in [-0.2, 0) is 9.59 Å². The van der Waals surface area contributed by atoms with Crippen LogP contribution in [0.4, 0.5) is 0 Å². The molecular formula is C12H13NO3S. The molecule has 1 rings (SSSR count). The predicted molar refractivity (Wildman–Crippen MR) is 67.0 cm³/mol. The van der Waals surface area contributed by atoms with E-state index in [2.05, 4.69) is 17.9 Å². The van der Waals surface area contributed by atoms with Crippen LogP contribution in [0.2, 0.25) is 0 Å². The van der Waals surface area contributed by atoms with Gasteiger partial charge in [-0.25, -0.2) is 0 Å². The fourth-order valence-electron chi connectivity index (χ4n) is 1.25. The predicted octanol–water partition coefficient (Wildman–Crippen LogP) is 1.22. The van der Waals surface area contributed by atoms with Gasteiger partial charge in [-0.3, -0.25) is 14.4 Å². The lowest BCUT2D eigenvalue weighted by atomic mass is 10.1. The second-order valence-electron chi connectivity index (χ2n) is 3.60. The van der Waals surface area contributed by atoms with Crippen molar-refractivity contribution in [3.8, 4) is 0 Å². The fourth-order valence-corrected chi connectivity index (χ4v) is 1.41. The molecule has 1 amide bonds. The SMILES string of the molecule is C[C@@H](NC(=O)c1ccccc1)C(=O)CC(=O)S. The zero-order valence-corrected chi connectivity index (χ0v) is 10.2. The van der Waals surface area contributed by atoms with E-state index in [0.29, 0.717) is 5.56 Å². The monoisotopic (exact) mass is 251 g/mol. The molecule has 1 atom stereocenters. The summed E-state index contributed by atoms with van der Waals surface area (Å²) in [6, 6.07) is 7.87. The molecule has 0 fully saturated rings. The third-order valence-electron chi connectivity index (χ3n) is 2.19. The minimum Gasteiger partial charge on any atom is -0.343 e. The minimum absolute atomic E-state index is 0.278. The second kappa shape index (κ2) is 6.20. The molecule has 5 heteroatoms. The lowest BCUT2D eigenvalue weighted by molar-refractivity contribution is -0.124. The highest BCUT2D eigenvalue weighted by molar-refractivity contribution is 7.96. The van der Waals surface area contributed by atoms with Crippen molar-refractivity contribution in [2.75, 3.05) is 0 Å². The molecule has 17 heavy (non-hydrogen) atoms. The van der Waals surface area contributed by atoms with Gasteiger partial charge in [0.1, 0.15) is 0 Å². The number of carbonyl (C=O) groups excluding carboxylic acids is 3. The first-order valence-corrected chi connectivity index (χ1v) is 5.56. The van der Waals surface area contributed by atoms with E-state index in [4.69, 9.17) is 0 Å². The van der Waals surface area contributed by atoms with Crippen LogP contribution in [-0.4, -0.2) is 22.8 Å². The molecule has 0 aromatic heterocycles. The van der Waals surface area contributed by atoms with Crippen LogP contribution in [0.15, 0.2) is 30.3 Å². The van der Waals surface area contributed by atoms with Crippen LogP contribution in [0, 0.1) is 0 Å². The largest absolute Gasteiger partial charge is 0.343 e. The van der Waals surface area contributed by atoms with E-state index in [1.165, 1.54) is 0 Å². The summed E-state index contributed by atoms with van der Waals surface area (Å²) < 4.78 is 0. The zero-order valence-electron chi connectivity index (χ0n) is 9.34. The van der Waals surface area contributed by atoms with Crippen molar-refractivity contribution in [1.82, 2.24) is 5.32 Å². The van der Waals surface area contributed by atoms with Crippen molar-refractivity contribution in [1.29, 1.82) is 0 Å². The van der Waals surface area contributed by atoms with Crippen LogP contribution < -0.4 is 5.32 Å². The van der Waals surface area contributed by atoms with Crippen molar-refractivity contribution in [3.63, 3.8) is 0 Å². The van der Waals surface area contributed by atoms with E-state index >= 15 is 0 Å². The topological polar surface area (TPSA) is 63.2 Å². The molecule has 0 unspecified atom stereocenters. The number of hydrogen-bond donors (Lipinski definition) is 2. The van der Waals surface area contributed by atoms with Gasteiger partial charge in [-0.15, -0.1) is 12.6 Å². The third-order valence-corrected chi connectivity index (χ3v) is 2.35. The highest BCUT2D eigenvalue weighted by Crippen LogP contribution is 2.01. The molecule has 0 saturated heterocycles. The number of rotatable bonds is 5. The molecule has 1 aromatic rings. The summed E-state index contributed by atoms with van der Waals surface area (Å²) in [5, 5.41) is 2.02. The Bertz CT molecular complexity index is 431. The Balaban J connectivity index is 2.57. The van der Waals surface area contributed by atoms with Crippen LogP contribution >= 0.6 is 12.6 Å². The van der Waals surface area contributed by atoms with E-state index in [0.717, 1.165) is 0 Å². The first kappa shape index (κ1) is 13.4. The minimum atomic E-state index is -0.696. The summed E-state index contributed by atoms with van der Waals surface area (Å²) in [5.74, 6) is -0.688. The van der Waals surface area contributed by atoms with Crippen LogP contribution in [0.25, 0.3) is 0 Å². The van der Waals surface area contributed by atoms with Gasteiger partial charge < -0.3 is 5.32 Å². The molecule has 0 bridgehead atoms. The van der Waals surface area contributed by atoms with Crippen molar-refractivity contribution in [2.45, 2.75) is 19.4 Å². The Labute approximate surface area is 105 Å². The maximum Gasteiger partial charge on any atom is 0.251 e. The van der Waals surface area contributed by atoms with Gasteiger partial charge in [-0.2, -0.15) is 0 Å². The Kier molecular flexibility index (Phi) is 4.90. The summed E-state index contributed by atoms with van der Waals surface area (Å²) in [6.45, 7) is 1.54. The van der Waals surface area contributed by atoms with Crippen LogP contribution in [0.1, 0.15) is 23.7 Å². The lowest BCUT2D eigenvalue weighted by Crippen LogP contribution is -2.38. The highest BCUT2D eigenvalue weighted by atomic mass is 32.1.